The number of carbonyl (C=O) groups is 1. The number of hydrazone groups is 1. The topological polar surface area (TPSA) is 122 Å². The van der Waals surface area contributed by atoms with Crippen molar-refractivity contribution in [1.29, 1.82) is 0 Å². The minimum atomic E-state index is -0.619. The third kappa shape index (κ3) is 3.88. The molecule has 1 amide bonds. The summed E-state index contributed by atoms with van der Waals surface area (Å²) in [4.78, 5) is 34.9. The van der Waals surface area contributed by atoms with Crippen molar-refractivity contribution < 1.29 is 9.72 Å². The Kier molecular flexibility index (Phi) is 5.16. The first kappa shape index (κ1) is 18.8. The molecule has 0 aliphatic heterocycles. The molecular weight excluding hydrogens is 362 g/mol. The van der Waals surface area contributed by atoms with E-state index in [4.69, 9.17) is 0 Å². The van der Waals surface area contributed by atoms with Gasteiger partial charge in [0.1, 0.15) is 0 Å². The molecule has 3 rings (SSSR count). The van der Waals surface area contributed by atoms with Crippen LogP contribution in [0.25, 0.3) is 5.69 Å². The van der Waals surface area contributed by atoms with Crippen LogP contribution in [0.15, 0.2) is 58.4 Å². The summed E-state index contributed by atoms with van der Waals surface area (Å²) in [5, 5.41) is 17.6. The van der Waals surface area contributed by atoms with Crippen molar-refractivity contribution >= 4 is 17.8 Å². The summed E-state index contributed by atoms with van der Waals surface area (Å²) in [5.41, 5.74) is 4.48. The van der Waals surface area contributed by atoms with E-state index in [2.05, 4.69) is 15.6 Å². The molecule has 0 unspecified atom stereocenters. The molecule has 0 spiro atoms. The van der Waals surface area contributed by atoms with Crippen LogP contribution in [-0.4, -0.2) is 26.8 Å². The maximum Gasteiger partial charge on any atom is 0.280 e. The Balaban J connectivity index is 1.79. The van der Waals surface area contributed by atoms with E-state index in [0.717, 1.165) is 11.6 Å². The van der Waals surface area contributed by atoms with Gasteiger partial charge in [0, 0.05) is 23.4 Å². The van der Waals surface area contributed by atoms with Crippen LogP contribution >= 0.6 is 0 Å². The zero-order chi connectivity index (χ0) is 20.3. The molecule has 3 aromatic rings. The second-order valence-electron chi connectivity index (χ2n) is 6.13. The zero-order valence-electron chi connectivity index (χ0n) is 15.2. The first-order valence-electron chi connectivity index (χ1n) is 8.33. The Labute approximate surface area is 159 Å². The fourth-order valence-electron chi connectivity index (χ4n) is 2.57. The summed E-state index contributed by atoms with van der Waals surface area (Å²) >= 11 is 0. The third-order valence-electron chi connectivity index (χ3n) is 4.09. The number of hydrogen-bond donors (Lipinski definition) is 2. The Morgan fingerprint density at radius 3 is 2.61 bits per heavy atom. The number of aryl methyl sites for hydroxylation is 2. The van der Waals surface area contributed by atoms with Gasteiger partial charge in [-0.15, -0.1) is 0 Å². The molecule has 28 heavy (non-hydrogen) atoms. The van der Waals surface area contributed by atoms with E-state index in [9.17, 15) is 19.7 Å². The quantitative estimate of drug-likeness (QED) is 0.401. The normalized spacial score (nSPS) is 10.9. The van der Waals surface area contributed by atoms with Crippen LogP contribution in [0.3, 0.4) is 0 Å². The van der Waals surface area contributed by atoms with Crippen LogP contribution in [0.4, 0.5) is 5.69 Å². The molecule has 142 valence electrons. The number of H-pyrrole nitrogens is 1. The van der Waals surface area contributed by atoms with Crippen LogP contribution in [0, 0.1) is 24.0 Å². The third-order valence-corrected chi connectivity index (χ3v) is 4.09. The molecule has 0 aliphatic carbocycles. The number of benzene rings is 2. The maximum atomic E-state index is 12.6. The van der Waals surface area contributed by atoms with Crippen molar-refractivity contribution in [3.05, 3.63) is 91.4 Å². The second kappa shape index (κ2) is 7.70. The molecule has 9 nitrogen and oxygen atoms in total. The number of carbonyl (C=O) groups excluding carboxylic acids is 1. The molecule has 0 fully saturated rings. The van der Waals surface area contributed by atoms with Gasteiger partial charge in [0.2, 0.25) is 0 Å². The average molecular weight is 379 g/mol. The summed E-state index contributed by atoms with van der Waals surface area (Å²) in [6.07, 6.45) is 1.24. The molecule has 1 aromatic heterocycles. The van der Waals surface area contributed by atoms with Gasteiger partial charge in [0.15, 0.2) is 0 Å². The van der Waals surface area contributed by atoms with E-state index in [1.807, 2.05) is 31.2 Å². The van der Waals surface area contributed by atoms with Crippen LogP contribution < -0.4 is 11.0 Å². The Morgan fingerprint density at radius 2 is 1.93 bits per heavy atom. The predicted molar refractivity (Wildman–Crippen MR) is 104 cm³/mol. The van der Waals surface area contributed by atoms with E-state index in [1.54, 1.807) is 6.92 Å². The van der Waals surface area contributed by atoms with Gasteiger partial charge >= 0.3 is 0 Å². The predicted octanol–water partition coefficient (Wildman–Crippen LogP) is 2.45. The average Bonchev–Trinajstić information content (AvgIpc) is 2.96. The van der Waals surface area contributed by atoms with Crippen molar-refractivity contribution in [2.75, 3.05) is 0 Å². The molecule has 1 heterocycles. The summed E-state index contributed by atoms with van der Waals surface area (Å²) in [5.74, 6) is -0.619. The van der Waals surface area contributed by atoms with E-state index in [-0.39, 0.29) is 16.8 Å². The zero-order valence-corrected chi connectivity index (χ0v) is 15.2. The minimum absolute atomic E-state index is 0.0919. The van der Waals surface area contributed by atoms with Crippen molar-refractivity contribution in [3.8, 4) is 5.69 Å². The van der Waals surface area contributed by atoms with Crippen molar-refractivity contribution in [3.63, 3.8) is 0 Å². The Morgan fingerprint density at radius 1 is 1.21 bits per heavy atom. The number of nitrogens with zero attached hydrogens (tertiary/aromatic N) is 3. The monoisotopic (exact) mass is 379 g/mol. The Bertz CT molecular complexity index is 1130. The number of aromatic nitrogens is 2. The first-order valence-corrected chi connectivity index (χ1v) is 8.33. The number of nitrogens with one attached hydrogen (secondary N) is 2. The SMILES string of the molecule is Cc1ccc(-n2[nH]c(C)c(C=NNC(=O)c3cccc([N+](=O)[O-])c3)c2=O)cc1. The van der Waals surface area contributed by atoms with Crippen LogP contribution in [-0.2, 0) is 0 Å². The molecule has 0 bridgehead atoms. The number of nitro groups is 1. The number of aromatic amines is 1. The van der Waals surface area contributed by atoms with Crippen molar-refractivity contribution in [1.82, 2.24) is 15.2 Å². The number of rotatable bonds is 5. The van der Waals surface area contributed by atoms with Gasteiger partial charge in [-0.2, -0.15) is 5.10 Å². The molecule has 2 aromatic carbocycles. The van der Waals surface area contributed by atoms with Gasteiger partial charge in [0.25, 0.3) is 17.2 Å². The van der Waals surface area contributed by atoms with E-state index in [1.165, 1.54) is 29.1 Å². The summed E-state index contributed by atoms with van der Waals surface area (Å²) in [7, 11) is 0. The summed E-state index contributed by atoms with van der Waals surface area (Å²) in [6.45, 7) is 3.67. The van der Waals surface area contributed by atoms with E-state index >= 15 is 0 Å². The lowest BCUT2D eigenvalue weighted by atomic mass is 10.2. The number of amides is 1. The highest BCUT2D eigenvalue weighted by Crippen LogP contribution is 2.13. The van der Waals surface area contributed by atoms with Gasteiger partial charge in [-0.05, 0) is 32.0 Å². The number of nitro benzene ring substituents is 1. The molecular formula is C19H17N5O4. The van der Waals surface area contributed by atoms with Gasteiger partial charge < -0.3 is 0 Å². The summed E-state index contributed by atoms with van der Waals surface area (Å²) < 4.78 is 1.39. The lowest BCUT2D eigenvalue weighted by Gasteiger charge is -2.01. The van der Waals surface area contributed by atoms with Crippen molar-refractivity contribution in [2.24, 2.45) is 5.10 Å². The van der Waals surface area contributed by atoms with Gasteiger partial charge in [0.05, 0.1) is 22.4 Å². The fourth-order valence-corrected chi connectivity index (χ4v) is 2.57. The highest BCUT2D eigenvalue weighted by atomic mass is 16.6. The highest BCUT2D eigenvalue weighted by molar-refractivity contribution is 5.95. The second-order valence-corrected chi connectivity index (χ2v) is 6.13. The van der Waals surface area contributed by atoms with Crippen LogP contribution in [0.5, 0.6) is 0 Å². The minimum Gasteiger partial charge on any atom is -0.295 e. The van der Waals surface area contributed by atoms with E-state index in [0.29, 0.717) is 16.9 Å². The van der Waals surface area contributed by atoms with Crippen LogP contribution in [0.1, 0.15) is 27.2 Å². The smallest absolute Gasteiger partial charge is 0.280 e. The van der Waals surface area contributed by atoms with Crippen LogP contribution in [0.2, 0.25) is 0 Å². The lowest BCUT2D eigenvalue weighted by Crippen LogP contribution is -2.20. The van der Waals surface area contributed by atoms with Gasteiger partial charge in [-0.25, -0.2) is 10.1 Å². The molecule has 0 atom stereocenters. The molecule has 2 N–H and O–H groups in total. The summed E-state index contributed by atoms with van der Waals surface area (Å²) in [6, 6.07) is 12.7. The number of non-ortho nitro benzene ring substituents is 1. The van der Waals surface area contributed by atoms with E-state index < -0.39 is 10.8 Å². The Hall–Kier alpha value is -4.01. The molecule has 0 aliphatic rings. The highest BCUT2D eigenvalue weighted by Gasteiger charge is 2.12. The maximum absolute atomic E-state index is 12.6. The molecule has 0 saturated heterocycles. The lowest BCUT2D eigenvalue weighted by molar-refractivity contribution is -0.384. The first-order chi connectivity index (χ1) is 13.4. The fraction of sp³-hybridized carbons (Fsp3) is 0.105. The largest absolute Gasteiger partial charge is 0.295 e. The standard InChI is InChI=1S/C19H17N5O4/c1-12-6-8-15(9-7-12)23-19(26)17(13(2)22-23)11-20-21-18(25)14-4-3-5-16(10-14)24(27)28/h3-11,22H,1-2H3,(H,21,25). The molecule has 9 heteroatoms. The molecule has 0 saturated carbocycles. The van der Waals surface area contributed by atoms with Crippen molar-refractivity contribution in [2.45, 2.75) is 13.8 Å². The van der Waals surface area contributed by atoms with Gasteiger partial charge in [-0.1, -0.05) is 23.8 Å². The van der Waals surface area contributed by atoms with Gasteiger partial charge in [-0.3, -0.25) is 24.8 Å². The number of hydrogen-bond acceptors (Lipinski definition) is 5. The molecule has 0 radical (unpaired) electrons.